The molecular formula is C39H59N. The number of benzene rings is 2. The average molecular weight is 542 g/mol. The van der Waals surface area contributed by atoms with Crippen LogP contribution in [0.3, 0.4) is 0 Å². The zero-order valence-electron chi connectivity index (χ0n) is 27.8. The first kappa shape index (κ1) is 37.1. The Bertz CT molecular complexity index is 1050. The van der Waals surface area contributed by atoms with E-state index in [1.54, 1.807) is 6.92 Å². The van der Waals surface area contributed by atoms with E-state index in [-0.39, 0.29) is 0 Å². The van der Waals surface area contributed by atoms with Gasteiger partial charge < -0.3 is 0 Å². The molecule has 2 unspecified atom stereocenters. The Hall–Kier alpha value is -2.85. The second-order valence-corrected chi connectivity index (χ2v) is 10.3. The molecule has 0 amide bonds. The highest BCUT2D eigenvalue weighted by Crippen LogP contribution is 2.34. The Morgan fingerprint density at radius 3 is 1.95 bits per heavy atom. The minimum Gasteiger partial charge on any atom is -0.290 e. The monoisotopic (exact) mass is 541 g/mol. The van der Waals surface area contributed by atoms with Gasteiger partial charge in [-0.1, -0.05) is 115 Å². The number of rotatable bonds is 9. The van der Waals surface area contributed by atoms with Crippen LogP contribution < -0.4 is 0 Å². The lowest BCUT2D eigenvalue weighted by atomic mass is 9.86. The van der Waals surface area contributed by atoms with Crippen molar-refractivity contribution in [3.05, 3.63) is 88.5 Å². The fourth-order valence-corrected chi connectivity index (χ4v) is 5.55. The molecule has 1 fully saturated rings. The summed E-state index contributed by atoms with van der Waals surface area (Å²) in [7, 11) is 0. The molecule has 2 atom stereocenters. The second kappa shape index (κ2) is 21.9. The third kappa shape index (κ3) is 12.6. The van der Waals surface area contributed by atoms with E-state index in [1.807, 2.05) is 27.7 Å². The lowest BCUT2D eigenvalue weighted by molar-refractivity contribution is 0.433. The van der Waals surface area contributed by atoms with E-state index in [4.69, 9.17) is 4.99 Å². The second-order valence-electron chi connectivity index (χ2n) is 10.3. The summed E-state index contributed by atoms with van der Waals surface area (Å²) in [4.78, 5) is 4.81. The molecule has 0 aliphatic heterocycles. The van der Waals surface area contributed by atoms with Gasteiger partial charge in [-0.3, -0.25) is 4.99 Å². The summed E-state index contributed by atoms with van der Waals surface area (Å²) in [6.07, 6.45) is 13.7. The Morgan fingerprint density at radius 2 is 1.45 bits per heavy atom. The lowest BCUT2D eigenvalue weighted by Gasteiger charge is -2.19. The van der Waals surface area contributed by atoms with E-state index >= 15 is 0 Å². The molecule has 0 heterocycles. The van der Waals surface area contributed by atoms with Crippen molar-refractivity contribution < 1.29 is 0 Å². The van der Waals surface area contributed by atoms with Crippen LogP contribution >= 0.6 is 0 Å². The number of hydrogen-bond donors (Lipinski definition) is 0. The van der Waals surface area contributed by atoms with Gasteiger partial charge in [0, 0.05) is 17.8 Å². The van der Waals surface area contributed by atoms with E-state index in [2.05, 4.69) is 115 Å². The van der Waals surface area contributed by atoms with Crippen molar-refractivity contribution in [2.24, 2.45) is 16.8 Å². The normalized spacial score (nSPS) is 15.6. The fraction of sp³-hybridized carbons (Fsp3) is 0.513. The number of hydrogen-bond acceptors (Lipinski definition) is 1. The minimum absolute atomic E-state index is 0.519. The molecule has 1 aliphatic carbocycles. The molecular weight excluding hydrogens is 482 g/mol. The lowest BCUT2D eigenvalue weighted by Crippen LogP contribution is -2.09. The largest absolute Gasteiger partial charge is 0.290 e. The maximum absolute atomic E-state index is 4.81. The third-order valence-electron chi connectivity index (χ3n) is 7.48. The van der Waals surface area contributed by atoms with Crippen molar-refractivity contribution in [2.45, 2.75) is 114 Å². The first-order valence-electron chi connectivity index (χ1n) is 15.7. The molecule has 0 N–H and O–H groups in total. The van der Waals surface area contributed by atoms with E-state index in [9.17, 15) is 0 Å². The van der Waals surface area contributed by atoms with Gasteiger partial charge in [0.1, 0.15) is 0 Å². The molecule has 1 heteroatoms. The predicted molar refractivity (Wildman–Crippen MR) is 183 cm³/mol. The highest BCUT2D eigenvalue weighted by molar-refractivity contribution is 6.08. The zero-order valence-corrected chi connectivity index (χ0v) is 27.8. The fourth-order valence-electron chi connectivity index (χ4n) is 5.55. The Morgan fingerprint density at radius 1 is 0.925 bits per heavy atom. The maximum atomic E-state index is 4.81. The smallest absolute Gasteiger partial charge is 0.0394 e. The summed E-state index contributed by atoms with van der Waals surface area (Å²) in [5.74, 6) is 4.24. The Kier molecular flexibility index (Phi) is 20.3. The van der Waals surface area contributed by atoms with E-state index in [1.165, 1.54) is 59.1 Å². The van der Waals surface area contributed by atoms with Crippen LogP contribution in [0, 0.1) is 24.2 Å². The van der Waals surface area contributed by atoms with E-state index < -0.39 is 0 Å². The van der Waals surface area contributed by atoms with Crippen LogP contribution in [0.5, 0.6) is 0 Å². The van der Waals surface area contributed by atoms with Gasteiger partial charge in [0.15, 0.2) is 0 Å². The van der Waals surface area contributed by atoms with E-state index in [0.717, 1.165) is 24.6 Å². The van der Waals surface area contributed by atoms with Crippen molar-refractivity contribution >= 4 is 11.3 Å². The standard InChI is InChI=1S/C32H43N.C3H4.2C2H6/c1-7-33-27(6)32(25(4)21-23(2)29-15-11-12-16-29)26(5)31-19-17-28(18-20-31)22-24(3)30-13-9-8-10-14-30;1-3-2;2*1-2/h8-10,13-14,17-21,23-24,29H,7,11-12,15-16,22H2,1-6H3;1H,2H3;2*1-2H3/b25-21-,32-26-,33-27?;;;. The van der Waals surface area contributed by atoms with Gasteiger partial charge in [-0.05, 0) is 99.5 Å². The van der Waals surface area contributed by atoms with Crippen molar-refractivity contribution in [1.29, 1.82) is 0 Å². The number of aliphatic imine (C=N–C) groups is 1. The SMILES string of the molecule is C#CC.CC.CC.CCN=C(C)C(/C(C)=C\C(C)C1CCCC1)=C(/C)c1ccc(CC(C)c2ccccc2)cc1. The van der Waals surface area contributed by atoms with Crippen molar-refractivity contribution in [3.63, 3.8) is 0 Å². The van der Waals surface area contributed by atoms with Crippen molar-refractivity contribution in [1.82, 2.24) is 0 Å². The molecule has 0 saturated heterocycles. The van der Waals surface area contributed by atoms with Crippen LogP contribution in [0.1, 0.15) is 124 Å². The van der Waals surface area contributed by atoms with Crippen LogP contribution in [-0.4, -0.2) is 12.3 Å². The first-order chi connectivity index (χ1) is 19.3. The van der Waals surface area contributed by atoms with Gasteiger partial charge in [-0.25, -0.2) is 0 Å². The molecule has 1 aliphatic rings. The molecule has 0 radical (unpaired) electrons. The highest BCUT2D eigenvalue weighted by atomic mass is 14.7. The van der Waals surface area contributed by atoms with Crippen molar-refractivity contribution in [2.75, 3.05) is 6.54 Å². The van der Waals surface area contributed by atoms with Gasteiger partial charge in [0.05, 0.1) is 0 Å². The quantitative estimate of drug-likeness (QED) is 0.170. The third-order valence-corrected chi connectivity index (χ3v) is 7.48. The van der Waals surface area contributed by atoms with Crippen LogP contribution in [0.15, 0.2) is 76.8 Å². The zero-order chi connectivity index (χ0) is 30.5. The molecule has 2 aromatic rings. The average Bonchev–Trinajstić information content (AvgIpc) is 3.52. The van der Waals surface area contributed by atoms with Gasteiger partial charge in [-0.2, -0.15) is 0 Å². The number of allylic oxidation sites excluding steroid dienone is 4. The molecule has 0 aromatic heterocycles. The number of terminal acetylenes is 1. The predicted octanol–water partition coefficient (Wildman–Crippen LogP) is 11.8. The molecule has 0 spiro atoms. The van der Waals surface area contributed by atoms with Gasteiger partial charge in [0.2, 0.25) is 0 Å². The topological polar surface area (TPSA) is 12.4 Å². The highest BCUT2D eigenvalue weighted by Gasteiger charge is 2.21. The van der Waals surface area contributed by atoms with Gasteiger partial charge in [-0.15, -0.1) is 12.3 Å². The molecule has 0 bridgehead atoms. The molecule has 40 heavy (non-hydrogen) atoms. The summed E-state index contributed by atoms with van der Waals surface area (Å²) in [6.45, 7) is 24.1. The molecule has 2 aromatic carbocycles. The van der Waals surface area contributed by atoms with Crippen molar-refractivity contribution in [3.8, 4) is 12.3 Å². The summed E-state index contributed by atoms with van der Waals surface area (Å²) >= 11 is 0. The summed E-state index contributed by atoms with van der Waals surface area (Å²) in [5.41, 5.74) is 9.29. The first-order valence-corrected chi connectivity index (χ1v) is 15.7. The Labute approximate surface area is 249 Å². The summed E-state index contributed by atoms with van der Waals surface area (Å²) < 4.78 is 0. The molecule has 220 valence electrons. The van der Waals surface area contributed by atoms with Crippen LogP contribution in [0.4, 0.5) is 0 Å². The van der Waals surface area contributed by atoms with Gasteiger partial charge >= 0.3 is 0 Å². The Balaban J connectivity index is 0.00000199. The van der Waals surface area contributed by atoms with E-state index in [0.29, 0.717) is 11.8 Å². The minimum atomic E-state index is 0.519. The maximum Gasteiger partial charge on any atom is 0.0394 e. The summed E-state index contributed by atoms with van der Waals surface area (Å²) in [6, 6.07) is 20.0. The summed E-state index contributed by atoms with van der Waals surface area (Å²) in [5, 5.41) is 0. The molecule has 3 rings (SSSR count). The number of nitrogens with zero attached hydrogens (tertiary/aromatic N) is 1. The van der Waals surface area contributed by atoms with Crippen LogP contribution in [-0.2, 0) is 6.42 Å². The van der Waals surface area contributed by atoms with Gasteiger partial charge in [0.25, 0.3) is 0 Å². The molecule has 1 saturated carbocycles. The molecule has 1 nitrogen and oxygen atoms in total. The van der Waals surface area contributed by atoms with Crippen LogP contribution in [0.2, 0.25) is 0 Å². The van der Waals surface area contributed by atoms with Crippen LogP contribution in [0.25, 0.3) is 5.57 Å².